The third-order valence-corrected chi connectivity index (χ3v) is 3.96. The summed E-state index contributed by atoms with van der Waals surface area (Å²) in [6.45, 7) is 2.93. The second-order valence-electron chi connectivity index (χ2n) is 4.09. The van der Waals surface area contributed by atoms with Gasteiger partial charge in [-0.05, 0) is 49.0 Å². The Balaban J connectivity index is 2.10. The van der Waals surface area contributed by atoms with Gasteiger partial charge >= 0.3 is 0 Å². The molecular weight excluding hydrogens is 218 g/mol. The maximum absolute atomic E-state index is 5.86. The highest BCUT2D eigenvalue weighted by molar-refractivity contribution is 7.17. The van der Waals surface area contributed by atoms with E-state index in [2.05, 4.69) is 28.9 Å². The number of thiophene rings is 1. The molecule has 1 N–H and O–H groups in total. The standard InChI is InChI=1S/C13H15NOS/c1-3-11-13-10(9-16-12(13)4-1)5-7-14-6-2-8-15-11/h1,3-4,9,14H,2,5-8H2. The Labute approximate surface area is 99.2 Å². The van der Waals surface area contributed by atoms with Gasteiger partial charge in [0.2, 0.25) is 0 Å². The fraction of sp³-hybridized carbons (Fsp3) is 0.385. The molecule has 0 spiro atoms. The fourth-order valence-corrected chi connectivity index (χ4v) is 3.16. The highest BCUT2D eigenvalue weighted by Crippen LogP contribution is 2.34. The summed E-state index contributed by atoms with van der Waals surface area (Å²) in [4.78, 5) is 0. The maximum atomic E-state index is 5.86. The molecule has 0 bridgehead atoms. The zero-order valence-corrected chi connectivity index (χ0v) is 9.98. The second kappa shape index (κ2) is 4.44. The van der Waals surface area contributed by atoms with Gasteiger partial charge in [0.1, 0.15) is 5.75 Å². The minimum Gasteiger partial charge on any atom is -0.493 e. The summed E-state index contributed by atoms with van der Waals surface area (Å²) in [5.74, 6) is 1.07. The van der Waals surface area contributed by atoms with Crippen molar-refractivity contribution in [3.8, 4) is 5.75 Å². The van der Waals surface area contributed by atoms with Gasteiger partial charge in [0, 0.05) is 10.1 Å². The van der Waals surface area contributed by atoms with Gasteiger partial charge < -0.3 is 10.1 Å². The zero-order chi connectivity index (χ0) is 10.8. The lowest BCUT2D eigenvalue weighted by atomic mass is 10.1. The van der Waals surface area contributed by atoms with Crippen molar-refractivity contribution < 1.29 is 4.74 Å². The van der Waals surface area contributed by atoms with Crippen LogP contribution in [-0.4, -0.2) is 19.7 Å². The Bertz CT molecular complexity index is 492. The first-order valence-corrected chi connectivity index (χ1v) is 6.66. The number of rotatable bonds is 0. The first-order chi connectivity index (χ1) is 7.95. The SMILES string of the molecule is c1cc2c3c(csc3c1)CCNCCCO2. The normalized spacial score (nSPS) is 17.0. The molecule has 0 radical (unpaired) electrons. The number of nitrogens with one attached hydrogen (secondary N) is 1. The lowest BCUT2D eigenvalue weighted by Crippen LogP contribution is -2.21. The van der Waals surface area contributed by atoms with Crippen LogP contribution in [0.4, 0.5) is 0 Å². The second-order valence-corrected chi connectivity index (χ2v) is 5.00. The topological polar surface area (TPSA) is 21.3 Å². The summed E-state index contributed by atoms with van der Waals surface area (Å²) >= 11 is 1.82. The Hall–Kier alpha value is -1.06. The molecule has 1 aromatic heterocycles. The summed E-state index contributed by atoms with van der Waals surface area (Å²) in [5.41, 5.74) is 1.42. The molecule has 0 saturated carbocycles. The van der Waals surface area contributed by atoms with E-state index in [1.54, 1.807) is 0 Å². The van der Waals surface area contributed by atoms with E-state index in [-0.39, 0.29) is 0 Å². The van der Waals surface area contributed by atoms with Crippen molar-refractivity contribution in [3.05, 3.63) is 29.1 Å². The van der Waals surface area contributed by atoms with Crippen molar-refractivity contribution in [3.63, 3.8) is 0 Å². The van der Waals surface area contributed by atoms with E-state index in [1.165, 1.54) is 15.6 Å². The molecule has 16 heavy (non-hydrogen) atoms. The minimum absolute atomic E-state index is 0.807. The summed E-state index contributed by atoms with van der Waals surface area (Å²) in [6.07, 6.45) is 2.18. The van der Waals surface area contributed by atoms with Gasteiger partial charge in [-0.25, -0.2) is 0 Å². The van der Waals surface area contributed by atoms with Gasteiger partial charge in [-0.2, -0.15) is 0 Å². The van der Waals surface area contributed by atoms with E-state index in [9.17, 15) is 0 Å². The molecule has 0 saturated heterocycles. The Morgan fingerprint density at radius 1 is 1.25 bits per heavy atom. The fourth-order valence-electron chi connectivity index (χ4n) is 2.15. The van der Waals surface area contributed by atoms with Crippen LogP contribution < -0.4 is 10.1 Å². The van der Waals surface area contributed by atoms with Crippen LogP contribution in [0.3, 0.4) is 0 Å². The number of hydrogen-bond acceptors (Lipinski definition) is 3. The largest absolute Gasteiger partial charge is 0.493 e. The van der Waals surface area contributed by atoms with E-state index in [1.807, 2.05) is 11.3 Å². The minimum atomic E-state index is 0.807. The van der Waals surface area contributed by atoms with Gasteiger partial charge in [-0.15, -0.1) is 11.3 Å². The molecule has 0 unspecified atom stereocenters. The van der Waals surface area contributed by atoms with Gasteiger partial charge in [0.25, 0.3) is 0 Å². The molecule has 84 valence electrons. The first kappa shape index (κ1) is 10.1. The summed E-state index contributed by atoms with van der Waals surface area (Å²) < 4.78 is 7.20. The molecule has 0 fully saturated rings. The molecule has 2 nitrogen and oxygen atoms in total. The summed E-state index contributed by atoms with van der Waals surface area (Å²) in [7, 11) is 0. The van der Waals surface area contributed by atoms with E-state index in [0.29, 0.717) is 0 Å². The molecular formula is C13H15NOS. The summed E-state index contributed by atoms with van der Waals surface area (Å²) in [5, 5.41) is 7.04. The number of hydrogen-bond donors (Lipinski definition) is 1. The summed E-state index contributed by atoms with van der Waals surface area (Å²) in [6, 6.07) is 6.35. The van der Waals surface area contributed by atoms with Crippen molar-refractivity contribution in [2.45, 2.75) is 12.8 Å². The zero-order valence-electron chi connectivity index (χ0n) is 9.16. The predicted octanol–water partition coefficient (Wildman–Crippen LogP) is 2.82. The van der Waals surface area contributed by atoms with Crippen molar-refractivity contribution >= 4 is 21.4 Å². The quantitative estimate of drug-likeness (QED) is 0.755. The molecule has 0 aliphatic carbocycles. The van der Waals surface area contributed by atoms with Crippen LogP contribution in [0.5, 0.6) is 5.75 Å². The third kappa shape index (κ3) is 1.81. The van der Waals surface area contributed by atoms with Crippen LogP contribution in [0.15, 0.2) is 23.6 Å². The predicted molar refractivity (Wildman–Crippen MR) is 68.5 cm³/mol. The molecule has 1 aromatic carbocycles. The van der Waals surface area contributed by atoms with Crippen LogP contribution in [0.25, 0.3) is 10.1 Å². The molecule has 1 aliphatic heterocycles. The van der Waals surface area contributed by atoms with E-state index in [4.69, 9.17) is 4.74 Å². The van der Waals surface area contributed by atoms with Gasteiger partial charge in [0.15, 0.2) is 0 Å². The van der Waals surface area contributed by atoms with Crippen molar-refractivity contribution in [1.82, 2.24) is 5.32 Å². The highest BCUT2D eigenvalue weighted by Gasteiger charge is 2.10. The van der Waals surface area contributed by atoms with Gasteiger partial charge in [0.05, 0.1) is 6.61 Å². The maximum Gasteiger partial charge on any atom is 0.128 e. The molecule has 2 aromatic rings. The van der Waals surface area contributed by atoms with Gasteiger partial charge in [-0.3, -0.25) is 0 Å². The van der Waals surface area contributed by atoms with Crippen LogP contribution in [-0.2, 0) is 6.42 Å². The van der Waals surface area contributed by atoms with Gasteiger partial charge in [-0.1, -0.05) is 6.07 Å². The highest BCUT2D eigenvalue weighted by atomic mass is 32.1. The van der Waals surface area contributed by atoms with Crippen molar-refractivity contribution in [2.24, 2.45) is 0 Å². The third-order valence-electron chi connectivity index (χ3n) is 2.96. The van der Waals surface area contributed by atoms with Crippen LogP contribution >= 0.6 is 11.3 Å². The van der Waals surface area contributed by atoms with Crippen LogP contribution in [0, 0.1) is 0 Å². The molecule has 3 rings (SSSR count). The van der Waals surface area contributed by atoms with E-state index in [0.717, 1.165) is 38.3 Å². The van der Waals surface area contributed by atoms with Crippen LogP contribution in [0.2, 0.25) is 0 Å². The lowest BCUT2D eigenvalue weighted by molar-refractivity contribution is 0.310. The molecule has 1 aliphatic rings. The molecule has 3 heteroatoms. The molecule has 0 atom stereocenters. The van der Waals surface area contributed by atoms with Crippen molar-refractivity contribution in [2.75, 3.05) is 19.7 Å². The molecule has 0 amide bonds. The monoisotopic (exact) mass is 233 g/mol. The Kier molecular flexibility index (Phi) is 2.80. The average molecular weight is 233 g/mol. The van der Waals surface area contributed by atoms with Crippen LogP contribution in [0.1, 0.15) is 12.0 Å². The smallest absolute Gasteiger partial charge is 0.128 e. The number of ether oxygens (including phenoxy) is 1. The van der Waals surface area contributed by atoms with Crippen molar-refractivity contribution in [1.29, 1.82) is 0 Å². The van der Waals surface area contributed by atoms with E-state index >= 15 is 0 Å². The Morgan fingerprint density at radius 3 is 3.25 bits per heavy atom. The Morgan fingerprint density at radius 2 is 2.25 bits per heavy atom. The average Bonchev–Trinajstić information content (AvgIpc) is 2.73. The van der Waals surface area contributed by atoms with E-state index < -0.39 is 0 Å². The number of benzene rings is 1. The molecule has 2 heterocycles. The lowest BCUT2D eigenvalue weighted by Gasteiger charge is -2.12. The first-order valence-electron chi connectivity index (χ1n) is 5.78.